The predicted molar refractivity (Wildman–Crippen MR) is 122 cm³/mol. The Balaban J connectivity index is 1.48. The molecule has 0 fully saturated rings. The van der Waals surface area contributed by atoms with Gasteiger partial charge in [0.05, 0.1) is 18.4 Å². The number of aryl methyl sites for hydroxylation is 1. The number of fused-ring (bicyclic) bond motifs is 1. The Hall–Kier alpha value is -4.01. The molecule has 4 rings (SSSR count). The number of carbonyl (C=O) groups is 3. The van der Waals surface area contributed by atoms with Crippen LogP contribution in [0, 0.1) is 12.7 Å². The van der Waals surface area contributed by atoms with Crippen LogP contribution in [-0.2, 0) is 27.1 Å². The molecule has 0 unspecified atom stereocenters. The highest BCUT2D eigenvalue weighted by Crippen LogP contribution is 2.27. The maximum absolute atomic E-state index is 13.3. The van der Waals surface area contributed by atoms with Crippen LogP contribution in [-0.4, -0.2) is 41.3 Å². The fourth-order valence-electron chi connectivity index (χ4n) is 3.95. The summed E-state index contributed by atoms with van der Waals surface area (Å²) in [6.45, 7) is 1.26. The molecule has 2 aromatic carbocycles. The number of halogens is 1. The first-order valence-electron chi connectivity index (χ1n) is 10.9. The molecular weight excluding hydrogens is 441 g/mol. The van der Waals surface area contributed by atoms with Gasteiger partial charge in [0.15, 0.2) is 12.3 Å². The van der Waals surface area contributed by atoms with E-state index < -0.39 is 24.5 Å². The Morgan fingerprint density at radius 1 is 1.06 bits per heavy atom. The second kappa shape index (κ2) is 9.86. The summed E-state index contributed by atoms with van der Waals surface area (Å²) in [6.07, 6.45) is 3.29. The van der Waals surface area contributed by atoms with Gasteiger partial charge < -0.3 is 14.8 Å². The van der Waals surface area contributed by atoms with Gasteiger partial charge in [0.25, 0.3) is 5.91 Å². The number of benzene rings is 2. The summed E-state index contributed by atoms with van der Waals surface area (Å²) in [5.74, 6) is -2.13. The predicted octanol–water partition coefficient (Wildman–Crippen LogP) is 3.78. The average Bonchev–Trinajstić information content (AvgIpc) is 3.24. The Morgan fingerprint density at radius 2 is 1.79 bits per heavy atom. The number of amides is 1. The van der Waals surface area contributed by atoms with Crippen molar-refractivity contribution in [2.75, 3.05) is 19.0 Å². The molecule has 0 aliphatic heterocycles. The molecule has 0 saturated carbocycles. The Morgan fingerprint density at radius 3 is 2.53 bits per heavy atom. The van der Waals surface area contributed by atoms with Crippen molar-refractivity contribution in [3.63, 3.8) is 0 Å². The van der Waals surface area contributed by atoms with Crippen LogP contribution >= 0.6 is 0 Å². The quantitative estimate of drug-likeness (QED) is 0.556. The molecule has 8 nitrogen and oxygen atoms in total. The summed E-state index contributed by atoms with van der Waals surface area (Å²) in [5.41, 5.74) is 3.94. The standard InChI is InChI=1S/C25H24FN3O5/c1-15-7-8-16(24(31)33-2)13-20(15)27-22(30)14-34-25(32)23-19-5-3-4-6-21(19)29(28-23)18-11-9-17(26)10-12-18/h7-13H,3-6,14H2,1-2H3,(H,27,30). The highest BCUT2D eigenvalue weighted by Gasteiger charge is 2.27. The summed E-state index contributed by atoms with van der Waals surface area (Å²) in [5, 5.41) is 7.09. The summed E-state index contributed by atoms with van der Waals surface area (Å²) in [4.78, 5) is 37.0. The van der Waals surface area contributed by atoms with E-state index in [1.54, 1.807) is 35.9 Å². The van der Waals surface area contributed by atoms with Crippen LogP contribution in [0.15, 0.2) is 42.5 Å². The molecule has 0 radical (unpaired) electrons. The summed E-state index contributed by atoms with van der Waals surface area (Å²) in [6, 6.07) is 10.7. The Kier molecular flexibility index (Phi) is 6.72. The first kappa shape index (κ1) is 23.2. The minimum atomic E-state index is -0.700. The van der Waals surface area contributed by atoms with E-state index in [4.69, 9.17) is 9.47 Å². The second-order valence-electron chi connectivity index (χ2n) is 8.01. The van der Waals surface area contributed by atoms with Crippen molar-refractivity contribution < 1.29 is 28.2 Å². The molecule has 0 atom stereocenters. The van der Waals surface area contributed by atoms with Gasteiger partial charge in [-0.25, -0.2) is 18.7 Å². The highest BCUT2D eigenvalue weighted by molar-refractivity contribution is 5.97. The summed E-state index contributed by atoms with van der Waals surface area (Å²) >= 11 is 0. The number of aromatic nitrogens is 2. The maximum atomic E-state index is 13.3. The molecule has 1 amide bonds. The number of esters is 2. The van der Waals surface area contributed by atoms with Crippen molar-refractivity contribution in [1.82, 2.24) is 9.78 Å². The van der Waals surface area contributed by atoms with Gasteiger partial charge in [-0.3, -0.25) is 4.79 Å². The zero-order chi connectivity index (χ0) is 24.2. The molecule has 0 spiro atoms. The van der Waals surface area contributed by atoms with Gasteiger partial charge in [-0.2, -0.15) is 5.10 Å². The van der Waals surface area contributed by atoms with E-state index in [0.29, 0.717) is 23.4 Å². The topological polar surface area (TPSA) is 99.5 Å². The van der Waals surface area contributed by atoms with E-state index in [-0.39, 0.29) is 11.5 Å². The zero-order valence-electron chi connectivity index (χ0n) is 18.9. The Labute approximate surface area is 195 Å². The minimum Gasteiger partial charge on any atom is -0.465 e. The number of hydrogen-bond acceptors (Lipinski definition) is 6. The zero-order valence-corrected chi connectivity index (χ0v) is 18.9. The van der Waals surface area contributed by atoms with Crippen molar-refractivity contribution in [1.29, 1.82) is 0 Å². The number of ether oxygens (including phenoxy) is 2. The first-order chi connectivity index (χ1) is 16.4. The number of nitrogens with one attached hydrogen (secondary N) is 1. The molecule has 1 aliphatic rings. The minimum absolute atomic E-state index is 0.163. The van der Waals surface area contributed by atoms with Crippen LogP contribution in [0.3, 0.4) is 0 Å². The van der Waals surface area contributed by atoms with Crippen molar-refractivity contribution >= 4 is 23.5 Å². The third-order valence-corrected chi connectivity index (χ3v) is 5.71. The highest BCUT2D eigenvalue weighted by atomic mass is 19.1. The number of hydrogen-bond donors (Lipinski definition) is 1. The van der Waals surface area contributed by atoms with Crippen LogP contribution in [0.1, 0.15) is 50.5 Å². The molecule has 176 valence electrons. The average molecular weight is 465 g/mol. The number of methoxy groups -OCH3 is 1. The van der Waals surface area contributed by atoms with Gasteiger partial charge in [0.1, 0.15) is 5.82 Å². The summed E-state index contributed by atoms with van der Waals surface area (Å²) < 4.78 is 24.9. The van der Waals surface area contributed by atoms with E-state index >= 15 is 0 Å². The lowest BCUT2D eigenvalue weighted by molar-refractivity contribution is -0.119. The molecule has 0 bridgehead atoms. The van der Waals surface area contributed by atoms with Gasteiger partial charge in [-0.15, -0.1) is 0 Å². The SMILES string of the molecule is COC(=O)c1ccc(C)c(NC(=O)COC(=O)c2nn(-c3ccc(F)cc3)c3c2CCCC3)c1. The normalized spacial score (nSPS) is 12.6. The number of rotatable bonds is 6. The van der Waals surface area contributed by atoms with Crippen LogP contribution < -0.4 is 5.32 Å². The fraction of sp³-hybridized carbons (Fsp3) is 0.280. The molecule has 1 aliphatic carbocycles. The lowest BCUT2D eigenvalue weighted by atomic mass is 9.95. The number of anilines is 1. The molecule has 1 aromatic heterocycles. The smallest absolute Gasteiger partial charge is 0.359 e. The van der Waals surface area contributed by atoms with Crippen molar-refractivity contribution in [3.05, 3.63) is 76.4 Å². The van der Waals surface area contributed by atoms with Gasteiger partial charge in [0.2, 0.25) is 0 Å². The number of nitrogens with zero attached hydrogens (tertiary/aromatic N) is 2. The van der Waals surface area contributed by atoms with Gasteiger partial charge in [-0.05, 0) is 74.6 Å². The van der Waals surface area contributed by atoms with Crippen molar-refractivity contribution in [2.24, 2.45) is 0 Å². The third kappa shape index (κ3) is 4.83. The molecular formula is C25H24FN3O5. The van der Waals surface area contributed by atoms with Crippen LogP contribution in [0.4, 0.5) is 10.1 Å². The maximum Gasteiger partial charge on any atom is 0.359 e. The van der Waals surface area contributed by atoms with E-state index in [2.05, 4.69) is 10.4 Å². The fourth-order valence-corrected chi connectivity index (χ4v) is 3.95. The summed E-state index contributed by atoms with van der Waals surface area (Å²) in [7, 11) is 1.27. The van der Waals surface area contributed by atoms with E-state index in [1.165, 1.54) is 25.3 Å². The molecule has 1 N–H and O–H groups in total. The van der Waals surface area contributed by atoms with E-state index in [0.717, 1.165) is 36.1 Å². The van der Waals surface area contributed by atoms with Crippen LogP contribution in [0.25, 0.3) is 5.69 Å². The largest absolute Gasteiger partial charge is 0.465 e. The van der Waals surface area contributed by atoms with Gasteiger partial charge >= 0.3 is 11.9 Å². The lowest BCUT2D eigenvalue weighted by Gasteiger charge is -2.14. The molecule has 34 heavy (non-hydrogen) atoms. The second-order valence-corrected chi connectivity index (χ2v) is 8.01. The van der Waals surface area contributed by atoms with Gasteiger partial charge in [0, 0.05) is 16.9 Å². The Bertz CT molecular complexity index is 1250. The monoisotopic (exact) mass is 465 g/mol. The first-order valence-corrected chi connectivity index (χ1v) is 10.9. The van der Waals surface area contributed by atoms with Gasteiger partial charge in [-0.1, -0.05) is 6.07 Å². The third-order valence-electron chi connectivity index (χ3n) is 5.71. The molecule has 0 saturated heterocycles. The van der Waals surface area contributed by atoms with Crippen LogP contribution in [0.5, 0.6) is 0 Å². The molecule has 1 heterocycles. The molecule has 3 aromatic rings. The number of carbonyl (C=O) groups excluding carboxylic acids is 3. The van der Waals surface area contributed by atoms with Crippen LogP contribution in [0.2, 0.25) is 0 Å². The lowest BCUT2D eigenvalue weighted by Crippen LogP contribution is -2.22. The van der Waals surface area contributed by atoms with Crippen molar-refractivity contribution in [2.45, 2.75) is 32.6 Å². The van der Waals surface area contributed by atoms with E-state index in [9.17, 15) is 18.8 Å². The molecule has 9 heteroatoms. The van der Waals surface area contributed by atoms with Crippen molar-refractivity contribution in [3.8, 4) is 5.69 Å². The van der Waals surface area contributed by atoms with E-state index in [1.807, 2.05) is 0 Å².